The quantitative estimate of drug-likeness (QED) is 0.558. The molecule has 3 rings (SSSR count). The fourth-order valence-electron chi connectivity index (χ4n) is 4.27. The molecule has 7 nitrogen and oxygen atoms in total. The van der Waals surface area contributed by atoms with E-state index in [1.165, 1.54) is 4.90 Å². The van der Waals surface area contributed by atoms with Crippen molar-refractivity contribution >= 4 is 27.5 Å². The summed E-state index contributed by atoms with van der Waals surface area (Å²) in [5, 5.41) is 3.06. The van der Waals surface area contributed by atoms with Gasteiger partial charge in [0.05, 0.1) is 11.9 Å². The van der Waals surface area contributed by atoms with Crippen molar-refractivity contribution in [2.24, 2.45) is 0 Å². The lowest BCUT2D eigenvalue weighted by molar-refractivity contribution is -0.139. The highest BCUT2D eigenvalue weighted by Gasteiger charge is 2.31. The zero-order valence-corrected chi connectivity index (χ0v) is 21.1. The Morgan fingerprint density at radius 1 is 1.00 bits per heavy atom. The first-order valence-electron chi connectivity index (χ1n) is 11.9. The van der Waals surface area contributed by atoms with Gasteiger partial charge < -0.3 is 10.2 Å². The Balaban J connectivity index is 1.84. The average molecular weight is 486 g/mol. The molecule has 0 bridgehead atoms. The first kappa shape index (κ1) is 25.7. The summed E-state index contributed by atoms with van der Waals surface area (Å²) >= 11 is 0. The van der Waals surface area contributed by atoms with E-state index in [9.17, 15) is 18.0 Å². The number of rotatable bonds is 10. The monoisotopic (exact) mass is 485 g/mol. The molecular weight excluding hydrogens is 450 g/mol. The number of sulfonamides is 1. The summed E-state index contributed by atoms with van der Waals surface area (Å²) < 4.78 is 26.3. The second-order valence-corrected chi connectivity index (χ2v) is 10.9. The fourth-order valence-corrected chi connectivity index (χ4v) is 5.12. The summed E-state index contributed by atoms with van der Waals surface area (Å²) in [6.07, 6.45) is 5.99. The Morgan fingerprint density at radius 2 is 1.62 bits per heavy atom. The van der Waals surface area contributed by atoms with E-state index in [0.717, 1.165) is 53.8 Å². The van der Waals surface area contributed by atoms with Crippen LogP contribution in [0.25, 0.3) is 0 Å². The number of carbonyl (C=O) groups excluding carboxylic acids is 2. The SMILES string of the molecule is CCc1ccc(N(CC(=O)N(Cc2ccccc2)[C@@H](C)C(=O)NC2CCCC2)S(C)(=O)=O)cc1. The van der Waals surface area contributed by atoms with Gasteiger partial charge in [-0.25, -0.2) is 8.42 Å². The number of aryl methyl sites for hydroxylation is 1. The minimum atomic E-state index is -3.72. The molecule has 0 heterocycles. The number of nitrogens with one attached hydrogen (secondary N) is 1. The van der Waals surface area contributed by atoms with Crippen LogP contribution in [0.5, 0.6) is 0 Å². The van der Waals surface area contributed by atoms with Gasteiger partial charge in [0.2, 0.25) is 21.8 Å². The smallest absolute Gasteiger partial charge is 0.244 e. The molecular formula is C26H35N3O4S. The lowest BCUT2D eigenvalue weighted by Gasteiger charge is -2.32. The van der Waals surface area contributed by atoms with Gasteiger partial charge >= 0.3 is 0 Å². The topological polar surface area (TPSA) is 86.8 Å². The lowest BCUT2D eigenvalue weighted by atomic mass is 10.1. The van der Waals surface area contributed by atoms with Crippen LogP contribution in [-0.4, -0.2) is 50.0 Å². The summed E-state index contributed by atoms with van der Waals surface area (Å²) in [5.74, 6) is -0.641. The van der Waals surface area contributed by atoms with E-state index in [1.54, 1.807) is 19.1 Å². The van der Waals surface area contributed by atoms with Gasteiger partial charge in [0, 0.05) is 12.6 Å². The van der Waals surface area contributed by atoms with E-state index < -0.39 is 22.0 Å². The highest BCUT2D eigenvalue weighted by Crippen LogP contribution is 2.21. The molecule has 0 saturated heterocycles. The zero-order valence-electron chi connectivity index (χ0n) is 20.2. The molecule has 1 N–H and O–H groups in total. The van der Waals surface area contributed by atoms with Crippen LogP contribution < -0.4 is 9.62 Å². The van der Waals surface area contributed by atoms with Crippen LogP contribution in [0.3, 0.4) is 0 Å². The van der Waals surface area contributed by atoms with Crippen molar-refractivity contribution in [3.05, 3.63) is 65.7 Å². The highest BCUT2D eigenvalue weighted by molar-refractivity contribution is 7.92. The molecule has 1 fully saturated rings. The second-order valence-electron chi connectivity index (χ2n) is 8.96. The summed E-state index contributed by atoms with van der Waals surface area (Å²) in [6.45, 7) is 3.56. The summed E-state index contributed by atoms with van der Waals surface area (Å²) in [4.78, 5) is 28.0. The first-order chi connectivity index (χ1) is 16.2. The zero-order chi connectivity index (χ0) is 24.7. The van der Waals surface area contributed by atoms with Crippen LogP contribution >= 0.6 is 0 Å². The standard InChI is InChI=1S/C26H35N3O4S/c1-4-21-14-16-24(17-15-21)29(34(3,32)33)19-25(30)28(18-22-10-6-5-7-11-22)20(2)26(31)27-23-12-8-9-13-23/h5-7,10-11,14-17,20,23H,4,8-9,12-13,18-19H2,1-3H3,(H,27,31)/t20-/m0/s1. The predicted molar refractivity (Wildman–Crippen MR) is 135 cm³/mol. The van der Waals surface area contributed by atoms with Crippen LogP contribution in [0.15, 0.2) is 54.6 Å². The van der Waals surface area contributed by atoms with Crippen LogP contribution in [0.4, 0.5) is 5.69 Å². The van der Waals surface area contributed by atoms with Crippen LogP contribution in [-0.2, 0) is 32.6 Å². The van der Waals surface area contributed by atoms with Crippen molar-refractivity contribution in [3.63, 3.8) is 0 Å². The van der Waals surface area contributed by atoms with E-state index >= 15 is 0 Å². The Bertz CT molecular complexity index is 1060. The molecule has 2 amide bonds. The summed E-state index contributed by atoms with van der Waals surface area (Å²) in [5.41, 5.74) is 2.37. The van der Waals surface area contributed by atoms with Gasteiger partial charge in [-0.15, -0.1) is 0 Å². The number of amides is 2. The van der Waals surface area contributed by atoms with Gasteiger partial charge in [-0.1, -0.05) is 62.2 Å². The maximum absolute atomic E-state index is 13.5. The minimum Gasteiger partial charge on any atom is -0.352 e. The third kappa shape index (κ3) is 6.82. The van der Waals surface area contributed by atoms with Crippen LogP contribution in [0, 0.1) is 0 Å². The van der Waals surface area contributed by atoms with E-state index in [0.29, 0.717) is 5.69 Å². The number of hydrogen-bond acceptors (Lipinski definition) is 4. The molecule has 184 valence electrons. The minimum absolute atomic E-state index is 0.133. The van der Waals surface area contributed by atoms with Gasteiger partial charge in [-0.2, -0.15) is 0 Å². The number of hydrogen-bond donors (Lipinski definition) is 1. The normalized spacial score (nSPS) is 15.0. The van der Waals surface area contributed by atoms with Gasteiger partial charge in [0.1, 0.15) is 12.6 Å². The molecule has 2 aromatic carbocycles. The van der Waals surface area contributed by atoms with Crippen LogP contribution in [0.1, 0.15) is 50.7 Å². The lowest BCUT2D eigenvalue weighted by Crippen LogP contribution is -2.52. The largest absolute Gasteiger partial charge is 0.352 e. The maximum Gasteiger partial charge on any atom is 0.244 e. The fraction of sp³-hybridized carbons (Fsp3) is 0.462. The van der Waals surface area contributed by atoms with Crippen molar-refractivity contribution in [3.8, 4) is 0 Å². The molecule has 0 unspecified atom stereocenters. The van der Waals surface area contributed by atoms with E-state index in [4.69, 9.17) is 0 Å². The Morgan fingerprint density at radius 3 is 2.18 bits per heavy atom. The van der Waals surface area contributed by atoms with Crippen molar-refractivity contribution in [2.45, 2.75) is 64.6 Å². The Kier molecular flexibility index (Phi) is 8.72. The molecule has 1 aliphatic carbocycles. The summed E-state index contributed by atoms with van der Waals surface area (Å²) in [6, 6.07) is 15.9. The molecule has 8 heteroatoms. The molecule has 0 aromatic heterocycles. The molecule has 1 aliphatic rings. The molecule has 0 aliphatic heterocycles. The van der Waals surface area contributed by atoms with E-state index in [2.05, 4.69) is 5.32 Å². The molecule has 1 atom stereocenters. The molecule has 0 radical (unpaired) electrons. The third-order valence-electron chi connectivity index (χ3n) is 6.38. The number of anilines is 1. The number of benzene rings is 2. The van der Waals surface area contributed by atoms with Crippen molar-refractivity contribution in [2.75, 3.05) is 17.1 Å². The number of carbonyl (C=O) groups is 2. The molecule has 34 heavy (non-hydrogen) atoms. The first-order valence-corrected chi connectivity index (χ1v) is 13.7. The Hall–Kier alpha value is -2.87. The predicted octanol–water partition coefficient (Wildman–Crippen LogP) is 3.49. The maximum atomic E-state index is 13.5. The van der Waals surface area contributed by atoms with Gasteiger partial charge in [0.15, 0.2) is 0 Å². The van der Waals surface area contributed by atoms with Crippen molar-refractivity contribution < 1.29 is 18.0 Å². The highest BCUT2D eigenvalue weighted by atomic mass is 32.2. The van der Waals surface area contributed by atoms with Gasteiger partial charge in [0.25, 0.3) is 0 Å². The third-order valence-corrected chi connectivity index (χ3v) is 7.52. The second kappa shape index (κ2) is 11.5. The van der Waals surface area contributed by atoms with E-state index in [-0.39, 0.29) is 25.0 Å². The van der Waals surface area contributed by atoms with Gasteiger partial charge in [-0.05, 0) is 49.4 Å². The summed E-state index contributed by atoms with van der Waals surface area (Å²) in [7, 11) is -3.72. The Labute approximate surface area is 203 Å². The molecule has 1 saturated carbocycles. The average Bonchev–Trinajstić information content (AvgIpc) is 3.33. The van der Waals surface area contributed by atoms with E-state index in [1.807, 2.05) is 49.4 Å². The molecule has 2 aromatic rings. The molecule has 0 spiro atoms. The van der Waals surface area contributed by atoms with Crippen molar-refractivity contribution in [1.29, 1.82) is 0 Å². The van der Waals surface area contributed by atoms with Crippen LogP contribution in [0.2, 0.25) is 0 Å². The van der Waals surface area contributed by atoms with Gasteiger partial charge in [-0.3, -0.25) is 13.9 Å². The number of nitrogens with zero attached hydrogens (tertiary/aromatic N) is 2. The van der Waals surface area contributed by atoms with Crippen molar-refractivity contribution in [1.82, 2.24) is 10.2 Å².